The standard InChI is InChI=1S/C22H29NO6/c1-7-9-16(23-21(26)29-22(4,5)6)20(25)27-17-11-10-15-14(8-2)12-18(24)28-19(15)13(17)3/h10-12,16H,7-9H2,1-6H3,(H,23,26)/t16-/m1/s1. The maximum absolute atomic E-state index is 12.7. The van der Waals surface area contributed by atoms with Crippen LogP contribution in [0.15, 0.2) is 27.4 Å². The van der Waals surface area contributed by atoms with Crippen molar-refractivity contribution in [2.45, 2.75) is 72.4 Å². The van der Waals surface area contributed by atoms with Gasteiger partial charge in [-0.15, -0.1) is 0 Å². The molecule has 7 heteroatoms. The summed E-state index contributed by atoms with van der Waals surface area (Å²) in [6.07, 6.45) is 1.07. The number of amides is 1. The van der Waals surface area contributed by atoms with Crippen molar-refractivity contribution < 1.29 is 23.5 Å². The van der Waals surface area contributed by atoms with Crippen molar-refractivity contribution in [3.8, 4) is 5.75 Å². The average Bonchev–Trinajstić information content (AvgIpc) is 2.61. The summed E-state index contributed by atoms with van der Waals surface area (Å²) in [5.41, 5.74) is 0.695. The van der Waals surface area contributed by atoms with Crippen LogP contribution >= 0.6 is 0 Å². The summed E-state index contributed by atoms with van der Waals surface area (Å²) in [7, 11) is 0. The summed E-state index contributed by atoms with van der Waals surface area (Å²) in [6, 6.07) is 4.06. The molecule has 1 N–H and O–H groups in total. The average molecular weight is 403 g/mol. The van der Waals surface area contributed by atoms with Crippen LogP contribution in [0.4, 0.5) is 4.79 Å². The highest BCUT2D eigenvalue weighted by Crippen LogP contribution is 2.29. The van der Waals surface area contributed by atoms with Crippen LogP contribution in [0.5, 0.6) is 5.75 Å². The van der Waals surface area contributed by atoms with Crippen LogP contribution in [0.25, 0.3) is 11.0 Å². The molecule has 1 aromatic heterocycles. The first-order valence-electron chi connectivity index (χ1n) is 9.83. The molecule has 0 bridgehead atoms. The zero-order valence-corrected chi connectivity index (χ0v) is 17.9. The highest BCUT2D eigenvalue weighted by atomic mass is 16.6. The predicted octanol–water partition coefficient (Wildman–Crippen LogP) is 4.26. The number of fused-ring (bicyclic) bond motifs is 1. The van der Waals surface area contributed by atoms with Crippen LogP contribution in [-0.2, 0) is 16.0 Å². The van der Waals surface area contributed by atoms with Gasteiger partial charge in [-0.05, 0) is 58.2 Å². The van der Waals surface area contributed by atoms with Crippen molar-refractivity contribution >= 4 is 23.0 Å². The molecule has 0 saturated carbocycles. The van der Waals surface area contributed by atoms with Gasteiger partial charge in [0.25, 0.3) is 0 Å². The Hall–Kier alpha value is -2.83. The van der Waals surface area contributed by atoms with Crippen molar-refractivity contribution in [1.29, 1.82) is 0 Å². The molecule has 1 aromatic carbocycles. The molecule has 0 fully saturated rings. The first-order chi connectivity index (χ1) is 13.6. The fourth-order valence-corrected chi connectivity index (χ4v) is 2.98. The molecule has 2 rings (SSSR count). The zero-order chi connectivity index (χ0) is 21.8. The first kappa shape index (κ1) is 22.5. The summed E-state index contributed by atoms with van der Waals surface area (Å²) >= 11 is 0. The Morgan fingerprint density at radius 1 is 1.21 bits per heavy atom. The molecule has 158 valence electrons. The fraction of sp³-hybridized carbons (Fsp3) is 0.500. The topological polar surface area (TPSA) is 94.8 Å². The Morgan fingerprint density at radius 3 is 2.48 bits per heavy atom. The minimum atomic E-state index is -0.848. The number of alkyl carbamates (subject to hydrolysis) is 1. The zero-order valence-electron chi connectivity index (χ0n) is 17.9. The highest BCUT2D eigenvalue weighted by Gasteiger charge is 2.26. The third kappa shape index (κ3) is 5.82. The third-order valence-corrected chi connectivity index (χ3v) is 4.34. The van der Waals surface area contributed by atoms with Gasteiger partial charge < -0.3 is 19.2 Å². The number of ether oxygens (including phenoxy) is 2. The molecular weight excluding hydrogens is 374 g/mol. The van der Waals surface area contributed by atoms with Gasteiger partial charge in [0.2, 0.25) is 0 Å². The lowest BCUT2D eigenvalue weighted by molar-refractivity contribution is -0.137. The lowest BCUT2D eigenvalue weighted by atomic mass is 10.0. The van der Waals surface area contributed by atoms with Crippen molar-refractivity contribution in [2.75, 3.05) is 0 Å². The van der Waals surface area contributed by atoms with E-state index >= 15 is 0 Å². The van der Waals surface area contributed by atoms with Crippen LogP contribution in [0.3, 0.4) is 0 Å². The Balaban J connectivity index is 2.27. The minimum absolute atomic E-state index is 0.283. The lowest BCUT2D eigenvalue weighted by Gasteiger charge is -2.23. The van der Waals surface area contributed by atoms with Crippen molar-refractivity contribution in [3.63, 3.8) is 0 Å². The van der Waals surface area contributed by atoms with E-state index in [4.69, 9.17) is 13.9 Å². The van der Waals surface area contributed by atoms with Crippen LogP contribution in [0.1, 0.15) is 58.6 Å². The van der Waals surface area contributed by atoms with E-state index in [9.17, 15) is 14.4 Å². The Morgan fingerprint density at radius 2 is 1.90 bits per heavy atom. The Kier molecular flexibility index (Phi) is 7.06. The van der Waals surface area contributed by atoms with Crippen molar-refractivity contribution in [2.24, 2.45) is 0 Å². The van der Waals surface area contributed by atoms with E-state index in [0.29, 0.717) is 30.4 Å². The molecular formula is C22H29NO6. The molecule has 1 amide bonds. The van der Waals surface area contributed by atoms with E-state index in [1.165, 1.54) is 6.07 Å². The number of carbonyl (C=O) groups is 2. The van der Waals surface area contributed by atoms with Crippen LogP contribution in [0.2, 0.25) is 0 Å². The highest BCUT2D eigenvalue weighted by molar-refractivity contribution is 5.87. The molecule has 0 saturated heterocycles. The van der Waals surface area contributed by atoms with Gasteiger partial charge >= 0.3 is 17.7 Å². The predicted molar refractivity (Wildman–Crippen MR) is 110 cm³/mol. The molecule has 0 aliphatic rings. The Bertz CT molecular complexity index is 954. The van der Waals surface area contributed by atoms with Gasteiger partial charge in [-0.3, -0.25) is 0 Å². The number of benzene rings is 1. The second kappa shape index (κ2) is 9.11. The van der Waals surface area contributed by atoms with Gasteiger partial charge in [0, 0.05) is 17.0 Å². The summed E-state index contributed by atoms with van der Waals surface area (Å²) in [5, 5.41) is 3.38. The molecule has 2 aromatic rings. The third-order valence-electron chi connectivity index (χ3n) is 4.34. The summed E-state index contributed by atoms with van der Waals surface area (Å²) in [4.78, 5) is 36.6. The normalized spacial score (nSPS) is 12.5. The molecule has 1 atom stereocenters. The quantitative estimate of drug-likeness (QED) is 0.440. The second-order valence-electron chi connectivity index (χ2n) is 7.92. The first-order valence-corrected chi connectivity index (χ1v) is 9.83. The maximum atomic E-state index is 12.7. The van der Waals surface area contributed by atoms with Crippen LogP contribution in [-0.4, -0.2) is 23.7 Å². The monoisotopic (exact) mass is 403 g/mol. The van der Waals surface area contributed by atoms with E-state index < -0.39 is 29.3 Å². The molecule has 0 aliphatic carbocycles. The van der Waals surface area contributed by atoms with Gasteiger partial charge in [-0.2, -0.15) is 0 Å². The molecule has 0 unspecified atom stereocenters. The van der Waals surface area contributed by atoms with E-state index in [2.05, 4.69) is 5.32 Å². The number of rotatable bonds is 6. The van der Waals surface area contributed by atoms with Gasteiger partial charge in [-0.25, -0.2) is 14.4 Å². The van der Waals surface area contributed by atoms with Gasteiger partial charge in [0.1, 0.15) is 23.0 Å². The van der Waals surface area contributed by atoms with Crippen LogP contribution in [0, 0.1) is 6.92 Å². The number of hydrogen-bond donors (Lipinski definition) is 1. The van der Waals surface area contributed by atoms with E-state index in [1.54, 1.807) is 39.8 Å². The summed E-state index contributed by atoms with van der Waals surface area (Å²) in [6.45, 7) is 10.8. The van der Waals surface area contributed by atoms with E-state index in [0.717, 1.165) is 10.9 Å². The Labute approximate surface area is 170 Å². The summed E-state index contributed by atoms with van der Waals surface area (Å²) in [5.74, 6) is -0.319. The van der Waals surface area contributed by atoms with Crippen molar-refractivity contribution in [3.05, 3.63) is 39.7 Å². The number of nitrogens with one attached hydrogen (secondary N) is 1. The molecule has 29 heavy (non-hydrogen) atoms. The van der Waals surface area contributed by atoms with E-state index in [-0.39, 0.29) is 5.75 Å². The van der Waals surface area contributed by atoms with E-state index in [1.807, 2.05) is 13.8 Å². The van der Waals surface area contributed by atoms with Crippen molar-refractivity contribution in [1.82, 2.24) is 5.32 Å². The summed E-state index contributed by atoms with van der Waals surface area (Å²) < 4.78 is 16.1. The SMILES string of the molecule is CCC[C@@H](NC(=O)OC(C)(C)C)C(=O)Oc1ccc2c(CC)cc(=O)oc2c1C. The molecule has 0 aliphatic heterocycles. The second-order valence-corrected chi connectivity index (χ2v) is 7.92. The largest absolute Gasteiger partial charge is 0.444 e. The molecule has 7 nitrogen and oxygen atoms in total. The van der Waals surface area contributed by atoms with Crippen LogP contribution < -0.4 is 15.7 Å². The lowest BCUT2D eigenvalue weighted by Crippen LogP contribution is -2.45. The fourth-order valence-electron chi connectivity index (χ4n) is 2.98. The number of aryl methyl sites for hydroxylation is 2. The smallest absolute Gasteiger partial charge is 0.408 e. The number of hydrogen-bond acceptors (Lipinski definition) is 6. The number of esters is 1. The number of carbonyl (C=O) groups excluding carboxylic acids is 2. The molecule has 1 heterocycles. The minimum Gasteiger partial charge on any atom is -0.444 e. The van der Waals surface area contributed by atoms with Gasteiger partial charge in [0.05, 0.1) is 0 Å². The van der Waals surface area contributed by atoms with Gasteiger partial charge in [-0.1, -0.05) is 20.3 Å². The van der Waals surface area contributed by atoms with Gasteiger partial charge in [0.15, 0.2) is 0 Å². The maximum Gasteiger partial charge on any atom is 0.408 e. The molecule has 0 spiro atoms. The molecule has 0 radical (unpaired) electrons.